The second-order valence-corrected chi connectivity index (χ2v) is 3.83. The molecule has 0 atom stereocenters. The Morgan fingerprint density at radius 1 is 1.56 bits per heavy atom. The molecular formula is C11H14N2O2S. The van der Waals surface area contributed by atoms with E-state index in [4.69, 9.17) is 18.0 Å². The molecule has 1 aromatic rings. The second kappa shape index (κ2) is 5.46. The molecule has 0 aliphatic rings. The van der Waals surface area contributed by atoms with E-state index in [-0.39, 0.29) is 6.09 Å². The highest BCUT2D eigenvalue weighted by molar-refractivity contribution is 7.80. The highest BCUT2D eigenvalue weighted by Crippen LogP contribution is 2.08. The Morgan fingerprint density at radius 3 is 2.81 bits per heavy atom. The van der Waals surface area contributed by atoms with Gasteiger partial charge in [0, 0.05) is 19.2 Å². The smallest absolute Gasteiger partial charge is 0.409 e. The van der Waals surface area contributed by atoms with Gasteiger partial charge in [-0.1, -0.05) is 30.4 Å². The van der Waals surface area contributed by atoms with Gasteiger partial charge < -0.3 is 15.4 Å². The van der Waals surface area contributed by atoms with Crippen molar-refractivity contribution in [2.24, 2.45) is 5.73 Å². The zero-order valence-corrected chi connectivity index (χ0v) is 10.1. The molecular weight excluding hydrogens is 224 g/mol. The minimum atomic E-state index is -0.374. The Kier molecular flexibility index (Phi) is 4.25. The number of carbonyl (C=O) groups is 1. The van der Waals surface area contributed by atoms with E-state index in [0.29, 0.717) is 11.5 Å². The number of carbonyl (C=O) groups excluding carboxylic acids is 1. The average molecular weight is 238 g/mol. The van der Waals surface area contributed by atoms with Crippen molar-refractivity contribution >= 4 is 23.3 Å². The molecule has 0 aliphatic carbocycles. The molecule has 1 aromatic carbocycles. The van der Waals surface area contributed by atoms with E-state index in [0.717, 1.165) is 11.1 Å². The minimum Gasteiger partial charge on any atom is -0.453 e. The van der Waals surface area contributed by atoms with Crippen LogP contribution in [0.2, 0.25) is 0 Å². The molecule has 0 aromatic heterocycles. The van der Waals surface area contributed by atoms with Crippen LogP contribution in [0.25, 0.3) is 0 Å². The van der Waals surface area contributed by atoms with Crippen molar-refractivity contribution < 1.29 is 9.53 Å². The first-order chi connectivity index (χ1) is 7.54. The average Bonchev–Trinajstić information content (AvgIpc) is 2.28. The van der Waals surface area contributed by atoms with Gasteiger partial charge in [-0.05, 0) is 11.6 Å². The van der Waals surface area contributed by atoms with Crippen molar-refractivity contribution in [2.75, 3.05) is 14.2 Å². The van der Waals surface area contributed by atoms with E-state index in [1.165, 1.54) is 12.0 Å². The summed E-state index contributed by atoms with van der Waals surface area (Å²) in [6.07, 6.45) is -0.374. The van der Waals surface area contributed by atoms with E-state index in [9.17, 15) is 4.79 Å². The van der Waals surface area contributed by atoms with E-state index in [1.807, 2.05) is 24.3 Å². The number of benzene rings is 1. The first-order valence-electron chi connectivity index (χ1n) is 4.72. The van der Waals surface area contributed by atoms with Crippen molar-refractivity contribution in [1.29, 1.82) is 0 Å². The van der Waals surface area contributed by atoms with E-state index in [2.05, 4.69) is 4.74 Å². The fraction of sp³-hybridized carbons (Fsp3) is 0.273. The molecule has 0 fully saturated rings. The predicted molar refractivity (Wildman–Crippen MR) is 66.2 cm³/mol. The second-order valence-electron chi connectivity index (χ2n) is 3.39. The summed E-state index contributed by atoms with van der Waals surface area (Å²) in [5.41, 5.74) is 7.28. The van der Waals surface area contributed by atoms with Crippen molar-refractivity contribution in [1.82, 2.24) is 4.90 Å². The van der Waals surface area contributed by atoms with Crippen molar-refractivity contribution in [2.45, 2.75) is 6.54 Å². The predicted octanol–water partition coefficient (Wildman–Crippen LogP) is 1.52. The first kappa shape index (κ1) is 12.4. The molecule has 0 bridgehead atoms. The van der Waals surface area contributed by atoms with Crippen LogP contribution in [0.4, 0.5) is 4.79 Å². The fourth-order valence-corrected chi connectivity index (χ4v) is 1.44. The van der Waals surface area contributed by atoms with Crippen LogP contribution >= 0.6 is 12.2 Å². The molecule has 86 valence electrons. The molecule has 16 heavy (non-hydrogen) atoms. The zero-order chi connectivity index (χ0) is 12.1. The molecule has 1 rings (SSSR count). The molecule has 0 spiro atoms. The number of hydrogen-bond acceptors (Lipinski definition) is 3. The summed E-state index contributed by atoms with van der Waals surface area (Å²) in [4.78, 5) is 13.0. The summed E-state index contributed by atoms with van der Waals surface area (Å²) in [6, 6.07) is 7.46. The summed E-state index contributed by atoms with van der Waals surface area (Å²) in [6.45, 7) is 0.461. The van der Waals surface area contributed by atoms with Gasteiger partial charge in [0.15, 0.2) is 0 Å². The largest absolute Gasteiger partial charge is 0.453 e. The minimum absolute atomic E-state index is 0.350. The number of rotatable bonds is 3. The van der Waals surface area contributed by atoms with Crippen LogP contribution in [-0.2, 0) is 11.3 Å². The highest BCUT2D eigenvalue weighted by Gasteiger charge is 2.08. The number of ether oxygens (including phenoxy) is 1. The van der Waals surface area contributed by atoms with Gasteiger partial charge in [-0.25, -0.2) is 4.79 Å². The number of amides is 1. The summed E-state index contributed by atoms with van der Waals surface area (Å²) >= 11 is 4.88. The third-order valence-corrected chi connectivity index (χ3v) is 2.35. The number of thiocarbonyl (C=S) groups is 1. The van der Waals surface area contributed by atoms with Crippen LogP contribution in [0.15, 0.2) is 24.3 Å². The molecule has 4 nitrogen and oxygen atoms in total. The molecule has 2 N–H and O–H groups in total. The van der Waals surface area contributed by atoms with Crippen molar-refractivity contribution in [3.8, 4) is 0 Å². The van der Waals surface area contributed by atoms with Crippen molar-refractivity contribution in [3.63, 3.8) is 0 Å². The number of nitrogens with zero attached hydrogens (tertiary/aromatic N) is 1. The lowest BCUT2D eigenvalue weighted by molar-refractivity contribution is 0.131. The van der Waals surface area contributed by atoms with Crippen LogP contribution in [0.3, 0.4) is 0 Å². The highest BCUT2D eigenvalue weighted by atomic mass is 32.1. The maximum Gasteiger partial charge on any atom is 0.409 e. The molecule has 0 saturated heterocycles. The Morgan fingerprint density at radius 2 is 2.25 bits per heavy atom. The standard InChI is InChI=1S/C11H14N2O2S/c1-13(11(14)15-2)7-8-4-3-5-9(6-8)10(12)16/h3-6H,7H2,1-2H3,(H2,12,16). The SMILES string of the molecule is COC(=O)N(C)Cc1cccc(C(N)=S)c1. The van der Waals surface area contributed by atoms with Crippen molar-refractivity contribution in [3.05, 3.63) is 35.4 Å². The molecule has 0 aliphatic heterocycles. The Bertz CT molecular complexity index is 407. The summed E-state index contributed by atoms with van der Waals surface area (Å²) in [5.74, 6) is 0. The quantitative estimate of drug-likeness (QED) is 0.811. The number of hydrogen-bond donors (Lipinski definition) is 1. The van der Waals surface area contributed by atoms with E-state index < -0.39 is 0 Å². The third-order valence-electron chi connectivity index (χ3n) is 2.12. The van der Waals surface area contributed by atoms with Crippen LogP contribution in [0.1, 0.15) is 11.1 Å². The van der Waals surface area contributed by atoms with Gasteiger partial charge in [0.25, 0.3) is 0 Å². The van der Waals surface area contributed by atoms with Gasteiger partial charge in [-0.2, -0.15) is 0 Å². The molecule has 5 heteroatoms. The maximum atomic E-state index is 11.2. The molecule has 0 unspecified atom stereocenters. The Hall–Kier alpha value is -1.62. The molecule has 0 saturated carbocycles. The maximum absolute atomic E-state index is 11.2. The summed E-state index contributed by atoms with van der Waals surface area (Å²) in [7, 11) is 3.02. The van der Waals surface area contributed by atoms with E-state index >= 15 is 0 Å². The molecule has 0 radical (unpaired) electrons. The zero-order valence-electron chi connectivity index (χ0n) is 9.27. The first-order valence-corrected chi connectivity index (χ1v) is 5.13. The summed E-state index contributed by atoms with van der Waals surface area (Å²) < 4.78 is 4.60. The lowest BCUT2D eigenvalue weighted by Gasteiger charge is -2.15. The third kappa shape index (κ3) is 3.20. The van der Waals surface area contributed by atoms with Crippen LogP contribution in [-0.4, -0.2) is 30.1 Å². The lowest BCUT2D eigenvalue weighted by Crippen LogP contribution is -2.26. The Labute approximate surface area is 100.0 Å². The van der Waals surface area contributed by atoms with Gasteiger partial charge in [0.05, 0.1) is 7.11 Å². The van der Waals surface area contributed by atoms with Crippen LogP contribution < -0.4 is 5.73 Å². The Balaban J connectivity index is 2.78. The van der Waals surface area contributed by atoms with Gasteiger partial charge >= 0.3 is 6.09 Å². The summed E-state index contributed by atoms with van der Waals surface area (Å²) in [5, 5.41) is 0. The number of methoxy groups -OCH3 is 1. The van der Waals surface area contributed by atoms with Crippen LogP contribution in [0, 0.1) is 0 Å². The fourth-order valence-electron chi connectivity index (χ4n) is 1.32. The van der Waals surface area contributed by atoms with Crippen LogP contribution in [0.5, 0.6) is 0 Å². The molecule has 1 amide bonds. The monoisotopic (exact) mass is 238 g/mol. The normalized spacial score (nSPS) is 9.62. The topological polar surface area (TPSA) is 55.6 Å². The van der Waals surface area contributed by atoms with E-state index in [1.54, 1.807) is 7.05 Å². The lowest BCUT2D eigenvalue weighted by atomic mass is 10.1. The van der Waals surface area contributed by atoms with Gasteiger partial charge in [-0.15, -0.1) is 0 Å². The van der Waals surface area contributed by atoms with Gasteiger partial charge in [0.2, 0.25) is 0 Å². The number of nitrogens with two attached hydrogens (primary N) is 1. The van der Waals surface area contributed by atoms with Gasteiger partial charge in [0.1, 0.15) is 4.99 Å². The van der Waals surface area contributed by atoms with Gasteiger partial charge in [-0.3, -0.25) is 0 Å². The molecule has 0 heterocycles.